The molecule has 0 aliphatic carbocycles. The van der Waals surface area contributed by atoms with Crippen LogP contribution in [0.3, 0.4) is 0 Å². The van der Waals surface area contributed by atoms with Gasteiger partial charge in [-0.15, -0.1) is 0 Å². The summed E-state index contributed by atoms with van der Waals surface area (Å²) in [5.41, 5.74) is 1.18. The van der Waals surface area contributed by atoms with Gasteiger partial charge in [0, 0.05) is 18.9 Å². The fraction of sp³-hybridized carbons (Fsp3) is 0.727. The molecule has 14 heavy (non-hydrogen) atoms. The second kappa shape index (κ2) is 3.73. The van der Waals surface area contributed by atoms with Crippen molar-refractivity contribution in [2.45, 2.75) is 39.7 Å². The molecule has 2 rings (SSSR count). The Balaban J connectivity index is 2.21. The van der Waals surface area contributed by atoms with E-state index in [4.69, 9.17) is 4.42 Å². The first kappa shape index (κ1) is 9.71. The van der Waals surface area contributed by atoms with E-state index in [2.05, 4.69) is 30.7 Å². The van der Waals surface area contributed by atoms with E-state index >= 15 is 0 Å². The van der Waals surface area contributed by atoms with Crippen molar-refractivity contribution in [2.24, 2.45) is 0 Å². The van der Waals surface area contributed by atoms with Gasteiger partial charge in [0.25, 0.3) is 0 Å². The highest BCUT2D eigenvalue weighted by Gasteiger charge is 2.21. The van der Waals surface area contributed by atoms with Gasteiger partial charge in [-0.1, -0.05) is 20.8 Å². The number of rotatable bonds is 2. The highest BCUT2D eigenvalue weighted by molar-refractivity contribution is 5.14. The maximum Gasteiger partial charge on any atom is 0.197 e. The Hall–Kier alpha value is -0.830. The van der Waals surface area contributed by atoms with E-state index in [1.54, 1.807) is 0 Å². The summed E-state index contributed by atoms with van der Waals surface area (Å²) in [4.78, 5) is 6.91. The molecule has 2 heterocycles. The van der Waals surface area contributed by atoms with Crippen molar-refractivity contribution in [2.75, 3.05) is 13.1 Å². The summed E-state index contributed by atoms with van der Waals surface area (Å²) in [5, 5.41) is 0. The van der Waals surface area contributed by atoms with Crippen molar-refractivity contribution < 1.29 is 4.42 Å². The Morgan fingerprint density at radius 3 is 2.93 bits per heavy atom. The molecule has 0 unspecified atom stereocenters. The summed E-state index contributed by atoms with van der Waals surface area (Å²) in [5.74, 6) is 2.38. The van der Waals surface area contributed by atoms with Gasteiger partial charge in [0.2, 0.25) is 0 Å². The maximum atomic E-state index is 5.75. The molecule has 1 aromatic heterocycles. The first-order valence-corrected chi connectivity index (χ1v) is 5.41. The summed E-state index contributed by atoms with van der Waals surface area (Å²) in [6.45, 7) is 9.57. The summed E-state index contributed by atoms with van der Waals surface area (Å²) in [6.07, 6.45) is 1.04. The van der Waals surface area contributed by atoms with Crippen molar-refractivity contribution in [3.63, 3.8) is 0 Å². The summed E-state index contributed by atoms with van der Waals surface area (Å²) >= 11 is 0. The van der Waals surface area contributed by atoms with Crippen LogP contribution in [-0.2, 0) is 13.0 Å². The normalized spacial score (nSPS) is 17.4. The molecule has 1 aromatic rings. The van der Waals surface area contributed by atoms with Gasteiger partial charge in [0.05, 0.1) is 12.2 Å². The number of hydrogen-bond donors (Lipinski definition) is 0. The van der Waals surface area contributed by atoms with E-state index in [0.717, 1.165) is 37.7 Å². The third kappa shape index (κ3) is 1.69. The van der Waals surface area contributed by atoms with Gasteiger partial charge >= 0.3 is 0 Å². The summed E-state index contributed by atoms with van der Waals surface area (Å²) in [6, 6.07) is 0. The number of oxazole rings is 1. The van der Waals surface area contributed by atoms with E-state index in [1.807, 2.05) is 0 Å². The van der Waals surface area contributed by atoms with Crippen LogP contribution in [0.25, 0.3) is 0 Å². The molecule has 3 heteroatoms. The van der Waals surface area contributed by atoms with Gasteiger partial charge in [-0.05, 0) is 6.54 Å². The highest BCUT2D eigenvalue weighted by Crippen LogP contribution is 2.23. The third-order valence-corrected chi connectivity index (χ3v) is 2.77. The van der Waals surface area contributed by atoms with Crippen LogP contribution >= 0.6 is 0 Å². The molecule has 0 aromatic carbocycles. The predicted molar refractivity (Wildman–Crippen MR) is 55.2 cm³/mol. The molecule has 0 amide bonds. The Bertz CT molecular complexity index is 317. The molecule has 78 valence electrons. The zero-order valence-electron chi connectivity index (χ0n) is 9.21. The van der Waals surface area contributed by atoms with Gasteiger partial charge in [-0.25, -0.2) is 4.98 Å². The fourth-order valence-electron chi connectivity index (χ4n) is 1.79. The van der Waals surface area contributed by atoms with Crippen molar-refractivity contribution in [1.82, 2.24) is 9.88 Å². The Labute approximate surface area is 85.1 Å². The van der Waals surface area contributed by atoms with Crippen LogP contribution in [-0.4, -0.2) is 23.0 Å². The Kier molecular flexibility index (Phi) is 2.59. The number of hydrogen-bond acceptors (Lipinski definition) is 3. The largest absolute Gasteiger partial charge is 0.444 e. The van der Waals surface area contributed by atoms with Crippen molar-refractivity contribution in [3.8, 4) is 0 Å². The predicted octanol–water partition coefficient (Wildman–Crippen LogP) is 2.18. The van der Waals surface area contributed by atoms with Gasteiger partial charge in [0.15, 0.2) is 5.89 Å². The standard InChI is InChI=1S/C11H18N2O/c1-4-13-6-5-9-10(7-13)14-11(12-9)8(2)3/h8H,4-7H2,1-3H3. The molecule has 0 spiro atoms. The first-order valence-electron chi connectivity index (χ1n) is 5.41. The highest BCUT2D eigenvalue weighted by atomic mass is 16.4. The van der Waals surface area contributed by atoms with Crippen molar-refractivity contribution in [1.29, 1.82) is 0 Å². The minimum absolute atomic E-state index is 0.399. The average molecular weight is 194 g/mol. The molecule has 0 N–H and O–H groups in total. The molecule has 0 bridgehead atoms. The topological polar surface area (TPSA) is 29.3 Å². The summed E-state index contributed by atoms with van der Waals surface area (Å²) in [7, 11) is 0. The molecule has 0 atom stereocenters. The average Bonchev–Trinajstić information content (AvgIpc) is 2.59. The lowest BCUT2D eigenvalue weighted by Gasteiger charge is -2.22. The second-order valence-corrected chi connectivity index (χ2v) is 4.20. The first-order chi connectivity index (χ1) is 6.70. The van der Waals surface area contributed by atoms with Crippen LogP contribution in [0, 0.1) is 0 Å². The van der Waals surface area contributed by atoms with E-state index in [-0.39, 0.29) is 0 Å². The van der Waals surface area contributed by atoms with Crippen LogP contribution in [0.15, 0.2) is 4.42 Å². The van der Waals surface area contributed by atoms with E-state index < -0.39 is 0 Å². The number of nitrogens with zero attached hydrogens (tertiary/aromatic N) is 2. The lowest BCUT2D eigenvalue weighted by atomic mass is 10.1. The lowest BCUT2D eigenvalue weighted by molar-refractivity contribution is 0.237. The zero-order chi connectivity index (χ0) is 10.1. The number of likely N-dealkylation sites (N-methyl/N-ethyl adjacent to an activating group) is 1. The quantitative estimate of drug-likeness (QED) is 0.722. The number of fused-ring (bicyclic) bond motifs is 1. The van der Waals surface area contributed by atoms with E-state index in [9.17, 15) is 0 Å². The monoisotopic (exact) mass is 194 g/mol. The minimum atomic E-state index is 0.399. The van der Waals surface area contributed by atoms with Crippen LogP contribution in [0.4, 0.5) is 0 Å². The molecule has 0 fully saturated rings. The molecule has 1 aliphatic heterocycles. The third-order valence-electron chi connectivity index (χ3n) is 2.77. The van der Waals surface area contributed by atoms with Crippen LogP contribution in [0.2, 0.25) is 0 Å². The lowest BCUT2D eigenvalue weighted by Crippen LogP contribution is -2.29. The van der Waals surface area contributed by atoms with Crippen LogP contribution in [0.1, 0.15) is 44.0 Å². The minimum Gasteiger partial charge on any atom is -0.444 e. The molecule has 0 saturated heterocycles. The molecule has 0 saturated carbocycles. The van der Waals surface area contributed by atoms with Gasteiger partial charge < -0.3 is 4.42 Å². The molecular formula is C11H18N2O. The number of aromatic nitrogens is 1. The zero-order valence-corrected chi connectivity index (χ0v) is 9.21. The molecular weight excluding hydrogens is 176 g/mol. The van der Waals surface area contributed by atoms with E-state index in [1.165, 1.54) is 5.69 Å². The molecule has 1 aliphatic rings. The van der Waals surface area contributed by atoms with Crippen molar-refractivity contribution >= 4 is 0 Å². The van der Waals surface area contributed by atoms with Gasteiger partial charge in [0.1, 0.15) is 5.76 Å². The smallest absolute Gasteiger partial charge is 0.197 e. The van der Waals surface area contributed by atoms with Crippen molar-refractivity contribution in [3.05, 3.63) is 17.3 Å². The maximum absolute atomic E-state index is 5.75. The second-order valence-electron chi connectivity index (χ2n) is 4.20. The Morgan fingerprint density at radius 1 is 1.50 bits per heavy atom. The van der Waals surface area contributed by atoms with Crippen LogP contribution < -0.4 is 0 Å². The SMILES string of the molecule is CCN1CCc2nc(C(C)C)oc2C1. The van der Waals surface area contributed by atoms with Gasteiger partial charge in [-0.3, -0.25) is 4.90 Å². The summed E-state index contributed by atoms with van der Waals surface area (Å²) < 4.78 is 5.75. The fourth-order valence-corrected chi connectivity index (χ4v) is 1.79. The molecule has 3 nitrogen and oxygen atoms in total. The van der Waals surface area contributed by atoms with Crippen LogP contribution in [0.5, 0.6) is 0 Å². The molecule has 0 radical (unpaired) electrons. The Morgan fingerprint density at radius 2 is 2.29 bits per heavy atom. The van der Waals surface area contributed by atoms with Gasteiger partial charge in [-0.2, -0.15) is 0 Å². The van der Waals surface area contributed by atoms with E-state index in [0.29, 0.717) is 5.92 Å².